The lowest BCUT2D eigenvalue weighted by molar-refractivity contribution is 0.0989. The van der Waals surface area contributed by atoms with Gasteiger partial charge in [-0.1, -0.05) is 54.2 Å². The minimum atomic E-state index is -0.240. The Labute approximate surface area is 212 Å². The number of rotatable bonds is 6. The minimum Gasteiger partial charge on any atom is -0.308 e. The summed E-state index contributed by atoms with van der Waals surface area (Å²) < 4.78 is 15.4. The summed E-state index contributed by atoms with van der Waals surface area (Å²) in [5.41, 5.74) is 6.63. The molecule has 0 saturated carbocycles. The topological polar surface area (TPSA) is 51.0 Å². The second-order valence-electron chi connectivity index (χ2n) is 8.77. The Hall–Kier alpha value is -3.97. The van der Waals surface area contributed by atoms with Crippen LogP contribution in [0.3, 0.4) is 0 Å². The molecular formula is C29H23FN4OS. The van der Waals surface area contributed by atoms with Gasteiger partial charge in [0.2, 0.25) is 0 Å². The molecule has 0 unspecified atom stereocenters. The monoisotopic (exact) mass is 494 g/mol. The van der Waals surface area contributed by atoms with Gasteiger partial charge in [0.05, 0.1) is 6.54 Å². The van der Waals surface area contributed by atoms with Crippen LogP contribution in [0.2, 0.25) is 0 Å². The van der Waals surface area contributed by atoms with E-state index in [1.165, 1.54) is 17.7 Å². The smallest absolute Gasteiger partial charge is 0.258 e. The van der Waals surface area contributed by atoms with Crippen molar-refractivity contribution in [2.45, 2.75) is 23.9 Å². The van der Waals surface area contributed by atoms with Crippen molar-refractivity contribution in [3.05, 3.63) is 119 Å². The van der Waals surface area contributed by atoms with Gasteiger partial charge in [0.1, 0.15) is 11.3 Å². The number of amides is 1. The number of anilines is 1. The lowest BCUT2D eigenvalue weighted by Crippen LogP contribution is -2.28. The molecule has 2 aromatic heterocycles. The Morgan fingerprint density at radius 1 is 0.917 bits per heavy atom. The van der Waals surface area contributed by atoms with E-state index in [9.17, 15) is 9.18 Å². The lowest BCUT2D eigenvalue weighted by Gasteiger charge is -2.17. The largest absolute Gasteiger partial charge is 0.308 e. The third-order valence-corrected chi connectivity index (χ3v) is 7.47. The van der Waals surface area contributed by atoms with Crippen LogP contribution in [0.4, 0.5) is 10.1 Å². The van der Waals surface area contributed by atoms with Crippen LogP contribution in [0.15, 0.2) is 96.3 Å². The van der Waals surface area contributed by atoms with Gasteiger partial charge >= 0.3 is 0 Å². The molecule has 0 fully saturated rings. The van der Waals surface area contributed by atoms with Crippen molar-refractivity contribution in [2.24, 2.45) is 0 Å². The van der Waals surface area contributed by atoms with Crippen LogP contribution < -0.4 is 4.90 Å². The Morgan fingerprint density at radius 3 is 2.53 bits per heavy atom. The number of benzene rings is 3. The summed E-state index contributed by atoms with van der Waals surface area (Å²) in [5, 5.41) is 0.849. The second kappa shape index (κ2) is 9.59. The molecule has 1 aliphatic heterocycles. The van der Waals surface area contributed by atoms with Crippen molar-refractivity contribution >= 4 is 34.5 Å². The van der Waals surface area contributed by atoms with E-state index in [4.69, 9.17) is 4.98 Å². The summed E-state index contributed by atoms with van der Waals surface area (Å²) >= 11 is 1.60. The van der Waals surface area contributed by atoms with Crippen LogP contribution in [-0.4, -0.2) is 27.0 Å². The predicted molar refractivity (Wildman–Crippen MR) is 141 cm³/mol. The van der Waals surface area contributed by atoms with Crippen molar-refractivity contribution < 1.29 is 9.18 Å². The number of hydrogen-bond donors (Lipinski definition) is 0. The van der Waals surface area contributed by atoms with Gasteiger partial charge in [0.15, 0.2) is 10.8 Å². The van der Waals surface area contributed by atoms with Gasteiger partial charge in [-0.05, 0) is 65.6 Å². The zero-order valence-electron chi connectivity index (χ0n) is 19.5. The van der Waals surface area contributed by atoms with Crippen molar-refractivity contribution in [3.63, 3.8) is 0 Å². The molecule has 1 amide bonds. The fraction of sp³-hybridized carbons (Fsp3) is 0.138. The molecule has 36 heavy (non-hydrogen) atoms. The zero-order valence-corrected chi connectivity index (χ0v) is 20.3. The highest BCUT2D eigenvalue weighted by atomic mass is 32.2. The summed E-state index contributed by atoms with van der Waals surface area (Å²) in [6, 6.07) is 26.3. The zero-order chi connectivity index (χ0) is 24.5. The van der Waals surface area contributed by atoms with Gasteiger partial charge in [0.25, 0.3) is 5.91 Å². The molecular weight excluding hydrogens is 471 g/mol. The summed E-state index contributed by atoms with van der Waals surface area (Å²) in [6.07, 6.45) is 2.66. The van der Waals surface area contributed by atoms with E-state index in [0.717, 1.165) is 39.6 Å². The highest BCUT2D eigenvalue weighted by molar-refractivity contribution is 7.98. The summed E-state index contributed by atoms with van der Waals surface area (Å²) in [4.78, 5) is 24.4. The number of para-hydroxylation sites is 1. The van der Waals surface area contributed by atoms with Crippen LogP contribution in [-0.2, 0) is 18.7 Å². The molecule has 3 heterocycles. The molecule has 0 spiro atoms. The van der Waals surface area contributed by atoms with E-state index in [-0.39, 0.29) is 11.7 Å². The molecule has 0 aliphatic carbocycles. The van der Waals surface area contributed by atoms with Crippen LogP contribution in [0.1, 0.15) is 27.0 Å². The maximum Gasteiger partial charge on any atom is 0.258 e. The predicted octanol–water partition coefficient (Wildman–Crippen LogP) is 6.11. The van der Waals surface area contributed by atoms with Gasteiger partial charge in [-0.15, -0.1) is 0 Å². The minimum absolute atomic E-state index is 0.0248. The number of hydrogen-bond acceptors (Lipinski definition) is 4. The number of halogens is 1. The first kappa shape index (κ1) is 22.5. The Bertz CT molecular complexity index is 1550. The quantitative estimate of drug-likeness (QED) is 0.267. The van der Waals surface area contributed by atoms with E-state index in [0.29, 0.717) is 24.4 Å². The molecule has 178 valence electrons. The number of carbonyl (C=O) groups is 1. The SMILES string of the molecule is O=C(c1ccc(Cn2c(SCc3ccc(F)cc3)nc3cccnc32)cc1)N1CCc2ccccc21. The van der Waals surface area contributed by atoms with Crippen molar-refractivity contribution in [2.75, 3.05) is 11.4 Å². The normalized spacial score (nSPS) is 12.8. The average Bonchev–Trinajstić information content (AvgIpc) is 3.50. The maximum absolute atomic E-state index is 13.3. The summed E-state index contributed by atoms with van der Waals surface area (Å²) in [7, 11) is 0. The van der Waals surface area contributed by atoms with E-state index in [2.05, 4.69) is 15.6 Å². The van der Waals surface area contributed by atoms with Gasteiger partial charge in [-0.25, -0.2) is 14.4 Å². The number of pyridine rings is 1. The molecule has 0 atom stereocenters. The summed E-state index contributed by atoms with van der Waals surface area (Å²) in [6.45, 7) is 1.29. The van der Waals surface area contributed by atoms with Crippen molar-refractivity contribution in [1.82, 2.24) is 14.5 Å². The van der Waals surface area contributed by atoms with Crippen LogP contribution in [0, 0.1) is 5.82 Å². The fourth-order valence-electron chi connectivity index (χ4n) is 4.56. The molecule has 1 aliphatic rings. The van der Waals surface area contributed by atoms with E-state index in [1.54, 1.807) is 30.1 Å². The van der Waals surface area contributed by atoms with Crippen molar-refractivity contribution in [3.8, 4) is 0 Å². The number of aromatic nitrogens is 3. The average molecular weight is 495 g/mol. The highest BCUT2D eigenvalue weighted by Gasteiger charge is 2.25. The highest BCUT2D eigenvalue weighted by Crippen LogP contribution is 2.30. The van der Waals surface area contributed by atoms with E-state index >= 15 is 0 Å². The number of nitrogens with zero attached hydrogens (tertiary/aromatic N) is 4. The Balaban J connectivity index is 1.23. The number of fused-ring (bicyclic) bond motifs is 2. The molecule has 0 N–H and O–H groups in total. The lowest BCUT2D eigenvalue weighted by atomic mass is 10.1. The molecule has 3 aromatic carbocycles. The molecule has 0 radical (unpaired) electrons. The van der Waals surface area contributed by atoms with E-state index < -0.39 is 0 Å². The maximum atomic E-state index is 13.3. The molecule has 5 aromatic rings. The number of thioether (sulfide) groups is 1. The number of carbonyl (C=O) groups excluding carboxylic acids is 1. The first-order valence-electron chi connectivity index (χ1n) is 11.8. The van der Waals surface area contributed by atoms with Crippen LogP contribution in [0.25, 0.3) is 11.2 Å². The first-order valence-corrected chi connectivity index (χ1v) is 12.8. The third kappa shape index (κ3) is 4.38. The van der Waals surface area contributed by atoms with Gasteiger partial charge in [-0.3, -0.25) is 9.36 Å². The fourth-order valence-corrected chi connectivity index (χ4v) is 5.52. The third-order valence-electron chi connectivity index (χ3n) is 6.42. The Morgan fingerprint density at radius 2 is 1.69 bits per heavy atom. The molecule has 5 nitrogen and oxygen atoms in total. The Kier molecular flexibility index (Phi) is 5.99. The standard InChI is InChI=1S/C29H23FN4OS/c30-24-13-9-21(10-14-24)19-36-29-32-25-5-3-16-31-27(25)34(29)18-20-7-11-23(12-8-20)28(35)33-17-15-22-4-1-2-6-26(22)33/h1-14,16H,15,17-19H2. The van der Waals surface area contributed by atoms with Crippen molar-refractivity contribution in [1.29, 1.82) is 0 Å². The molecule has 7 heteroatoms. The molecule has 0 saturated heterocycles. The molecule has 6 rings (SSSR count). The van der Waals surface area contributed by atoms with Crippen LogP contribution in [0.5, 0.6) is 0 Å². The van der Waals surface area contributed by atoms with Gasteiger partial charge < -0.3 is 4.90 Å². The van der Waals surface area contributed by atoms with Crippen LogP contribution >= 0.6 is 11.8 Å². The van der Waals surface area contributed by atoms with Gasteiger partial charge in [0, 0.05) is 29.7 Å². The van der Waals surface area contributed by atoms with Gasteiger partial charge in [-0.2, -0.15) is 0 Å². The van der Waals surface area contributed by atoms with E-state index in [1.807, 2.05) is 59.5 Å². The number of imidazole rings is 1. The second-order valence-corrected chi connectivity index (χ2v) is 9.72. The molecule has 0 bridgehead atoms. The first-order chi connectivity index (χ1) is 17.7. The summed E-state index contributed by atoms with van der Waals surface area (Å²) in [5.74, 6) is 0.460.